The number of para-hydroxylation sites is 2. The molecule has 5 heteroatoms. The number of benzene rings is 9. The van der Waals surface area contributed by atoms with Gasteiger partial charge >= 0.3 is 0 Å². The fourth-order valence-corrected chi connectivity index (χ4v) is 9.92. The smallest absolute Gasteiger partial charge is 0.238 e. The number of hydrogen-bond donors (Lipinski definition) is 0. The van der Waals surface area contributed by atoms with E-state index in [1.165, 1.54) is 55.4 Å². The van der Waals surface area contributed by atoms with Crippen LogP contribution in [0.3, 0.4) is 0 Å². The van der Waals surface area contributed by atoms with Crippen molar-refractivity contribution in [2.45, 2.75) is 6.42 Å². The molecule has 0 spiro atoms. The van der Waals surface area contributed by atoms with Crippen LogP contribution in [0, 0.1) is 0 Å². The molecule has 0 radical (unpaired) electrons. The third kappa shape index (κ3) is 5.60. The van der Waals surface area contributed by atoms with Crippen molar-refractivity contribution in [2.75, 3.05) is 0 Å². The molecule has 0 atom stereocenters. The van der Waals surface area contributed by atoms with Crippen LogP contribution in [0.5, 0.6) is 0 Å². The number of aromatic nitrogens is 5. The van der Waals surface area contributed by atoms with Crippen LogP contribution in [0.25, 0.3) is 111 Å². The summed E-state index contributed by atoms with van der Waals surface area (Å²) < 4.78 is 4.79. The Morgan fingerprint density at radius 1 is 0.333 bits per heavy atom. The predicted octanol–water partition coefficient (Wildman–Crippen LogP) is 14.3. The zero-order valence-electron chi connectivity index (χ0n) is 34.2. The molecule has 294 valence electrons. The van der Waals surface area contributed by atoms with E-state index in [0.29, 0.717) is 17.6 Å². The lowest BCUT2D eigenvalue weighted by Crippen LogP contribution is -2.07. The van der Waals surface area contributed by atoms with Gasteiger partial charge in [0.2, 0.25) is 5.95 Å². The van der Waals surface area contributed by atoms with Crippen molar-refractivity contribution in [3.8, 4) is 67.8 Å². The number of hydrogen-bond acceptors (Lipinski definition) is 3. The second-order valence-electron chi connectivity index (χ2n) is 16.4. The van der Waals surface area contributed by atoms with Crippen LogP contribution in [0.2, 0.25) is 0 Å². The van der Waals surface area contributed by atoms with Crippen molar-refractivity contribution in [1.29, 1.82) is 0 Å². The van der Waals surface area contributed by atoms with Crippen LogP contribution in [-0.4, -0.2) is 24.1 Å². The monoisotopic (exact) mass is 803 g/mol. The van der Waals surface area contributed by atoms with E-state index in [9.17, 15) is 0 Å². The van der Waals surface area contributed by atoms with Crippen LogP contribution in [0.4, 0.5) is 0 Å². The quantitative estimate of drug-likeness (QED) is 0.168. The zero-order valence-corrected chi connectivity index (χ0v) is 34.2. The second kappa shape index (κ2) is 14.1. The van der Waals surface area contributed by atoms with Crippen LogP contribution in [0.15, 0.2) is 212 Å². The first-order valence-electron chi connectivity index (χ1n) is 21.5. The van der Waals surface area contributed by atoms with Gasteiger partial charge in [-0.2, -0.15) is 9.97 Å². The van der Waals surface area contributed by atoms with Crippen LogP contribution >= 0.6 is 0 Å². The Morgan fingerprint density at radius 2 is 0.825 bits per heavy atom. The second-order valence-corrected chi connectivity index (χ2v) is 16.4. The van der Waals surface area contributed by atoms with Crippen molar-refractivity contribution in [3.05, 3.63) is 223 Å². The van der Waals surface area contributed by atoms with Crippen LogP contribution in [-0.2, 0) is 6.42 Å². The average Bonchev–Trinajstić information content (AvgIpc) is 4.02. The Kier molecular flexibility index (Phi) is 7.90. The Morgan fingerprint density at radius 3 is 1.48 bits per heavy atom. The molecule has 0 saturated carbocycles. The summed E-state index contributed by atoms with van der Waals surface area (Å²) in [6.45, 7) is 0. The number of rotatable bonds is 6. The molecule has 0 saturated heterocycles. The lowest BCUT2D eigenvalue weighted by atomic mass is 9.98. The molecule has 0 fully saturated rings. The van der Waals surface area contributed by atoms with Crippen molar-refractivity contribution >= 4 is 43.6 Å². The van der Waals surface area contributed by atoms with Gasteiger partial charge in [-0.3, -0.25) is 4.57 Å². The molecule has 0 unspecified atom stereocenters. The molecule has 1 aliphatic rings. The summed E-state index contributed by atoms with van der Waals surface area (Å²) in [6.07, 6.45) is 0.850. The summed E-state index contributed by atoms with van der Waals surface area (Å²) in [5.74, 6) is 1.81. The minimum Gasteiger partial charge on any atom is -0.307 e. The zero-order chi connectivity index (χ0) is 41.4. The maximum atomic E-state index is 5.39. The molecule has 13 rings (SSSR count). The van der Waals surface area contributed by atoms with Gasteiger partial charge in [-0.05, 0) is 68.8 Å². The van der Waals surface area contributed by atoms with E-state index in [0.717, 1.165) is 56.0 Å². The van der Waals surface area contributed by atoms with Gasteiger partial charge in [0.1, 0.15) is 0 Å². The molecule has 3 heterocycles. The minimum absolute atomic E-state index is 0.570. The highest BCUT2D eigenvalue weighted by Crippen LogP contribution is 2.46. The van der Waals surface area contributed by atoms with Crippen molar-refractivity contribution in [1.82, 2.24) is 24.1 Å². The van der Waals surface area contributed by atoms with E-state index in [1.807, 2.05) is 24.3 Å². The van der Waals surface area contributed by atoms with Crippen molar-refractivity contribution in [2.24, 2.45) is 0 Å². The summed E-state index contributed by atoms with van der Waals surface area (Å²) >= 11 is 0. The molecule has 1 aliphatic carbocycles. The van der Waals surface area contributed by atoms with Gasteiger partial charge in [0.15, 0.2) is 11.6 Å². The summed E-state index contributed by atoms with van der Waals surface area (Å²) in [5, 5.41) is 4.66. The highest BCUT2D eigenvalue weighted by atomic mass is 15.2. The average molecular weight is 804 g/mol. The largest absolute Gasteiger partial charge is 0.307 e. The summed E-state index contributed by atoms with van der Waals surface area (Å²) in [7, 11) is 0. The van der Waals surface area contributed by atoms with Gasteiger partial charge < -0.3 is 4.57 Å². The first-order valence-corrected chi connectivity index (χ1v) is 21.5. The molecule has 0 aliphatic heterocycles. The van der Waals surface area contributed by atoms with E-state index in [4.69, 9.17) is 15.0 Å². The molecule has 0 amide bonds. The van der Waals surface area contributed by atoms with Gasteiger partial charge in [0, 0.05) is 39.1 Å². The van der Waals surface area contributed by atoms with E-state index in [2.05, 4.69) is 197 Å². The summed E-state index contributed by atoms with van der Waals surface area (Å²) in [5.41, 5.74) is 17.4. The predicted molar refractivity (Wildman–Crippen MR) is 258 cm³/mol. The lowest BCUT2D eigenvalue weighted by Gasteiger charge is -2.15. The van der Waals surface area contributed by atoms with Gasteiger partial charge in [0.05, 0.1) is 27.8 Å². The van der Waals surface area contributed by atoms with Gasteiger partial charge in [-0.25, -0.2) is 4.98 Å². The Labute approximate surface area is 363 Å². The Balaban J connectivity index is 1.08. The summed E-state index contributed by atoms with van der Waals surface area (Å²) in [4.78, 5) is 15.9. The molecular weight excluding hydrogens is 767 g/mol. The molecule has 63 heavy (non-hydrogen) atoms. The standard InChI is InChI=1S/C58H37N5/c1-4-15-37(16-5-1)39-27-29-41(30-28-39)57-59-56(40-19-8-3-9-20-40)60-58(61-57)63-52-25-13-11-22-46(52)48-34-33-47-45-21-10-12-24-51(45)62(54(47)55(48)63)53-26-14-23-44-49-35-42(38-17-6-2-7-18-38)31-32-43(49)36-50(44)53/h1-35H,36H2. The van der Waals surface area contributed by atoms with Crippen molar-refractivity contribution in [3.63, 3.8) is 0 Å². The molecule has 0 N–H and O–H groups in total. The Hall–Kier alpha value is -8.41. The highest BCUT2D eigenvalue weighted by molar-refractivity contribution is 6.23. The fraction of sp³-hybridized carbons (Fsp3) is 0.0172. The van der Waals surface area contributed by atoms with Gasteiger partial charge in [0.25, 0.3) is 0 Å². The fourth-order valence-electron chi connectivity index (χ4n) is 9.92. The maximum Gasteiger partial charge on any atom is 0.238 e. The third-order valence-corrected chi connectivity index (χ3v) is 12.8. The molecule has 3 aromatic heterocycles. The molecular formula is C58H37N5. The summed E-state index contributed by atoms with van der Waals surface area (Å²) in [6, 6.07) is 75.8. The topological polar surface area (TPSA) is 48.5 Å². The van der Waals surface area contributed by atoms with E-state index in [-0.39, 0.29) is 0 Å². The van der Waals surface area contributed by atoms with Gasteiger partial charge in [-0.15, -0.1) is 0 Å². The SMILES string of the molecule is c1ccc(-c2ccc(-c3nc(-c4ccccc4)nc(-n4c5ccccc5c5ccc6c7ccccc7n(-c7cccc8c7Cc7ccc(-c9ccccc9)cc7-8)c6c54)n3)cc2)cc1. The van der Waals surface area contributed by atoms with Gasteiger partial charge in [-0.1, -0.05) is 188 Å². The first-order chi connectivity index (χ1) is 31.2. The van der Waals surface area contributed by atoms with E-state index >= 15 is 0 Å². The van der Waals surface area contributed by atoms with E-state index < -0.39 is 0 Å². The number of nitrogens with zero attached hydrogens (tertiary/aromatic N) is 5. The highest BCUT2D eigenvalue weighted by Gasteiger charge is 2.27. The minimum atomic E-state index is 0.570. The van der Waals surface area contributed by atoms with Crippen LogP contribution in [0.1, 0.15) is 11.1 Å². The number of fused-ring (bicyclic) bond motifs is 10. The normalized spacial score (nSPS) is 12.1. The lowest BCUT2D eigenvalue weighted by molar-refractivity contribution is 0.953. The maximum absolute atomic E-state index is 5.39. The van der Waals surface area contributed by atoms with E-state index in [1.54, 1.807) is 0 Å². The molecule has 9 aromatic carbocycles. The first kappa shape index (κ1) is 35.4. The third-order valence-electron chi connectivity index (χ3n) is 12.8. The molecule has 5 nitrogen and oxygen atoms in total. The molecule has 12 aromatic rings. The van der Waals surface area contributed by atoms with Crippen molar-refractivity contribution < 1.29 is 0 Å². The molecule has 0 bridgehead atoms. The van der Waals surface area contributed by atoms with Crippen LogP contribution < -0.4 is 0 Å². The Bertz CT molecular complexity index is 3740.